The molecule has 1 saturated heterocycles. The molecule has 0 saturated carbocycles. The molecular formula is C13H15ClN2O2S2. The number of rotatable bonds is 6. The molecule has 1 aromatic rings. The SMILES string of the molecule is CCOCCCN1C(=O)/C(=C\c2ccc(Cl)s2)NC1=S. The third-order valence-corrected chi connectivity index (χ3v) is 4.22. The standard InChI is InChI=1S/C13H15ClN2O2S2/c1-2-18-7-3-6-16-12(17)10(15-13(16)19)8-9-4-5-11(14)20-9/h4-5,8H,2-3,6-7H2,1H3,(H,15,19)/b10-8+. The van der Waals surface area contributed by atoms with Gasteiger partial charge in [0.15, 0.2) is 5.11 Å². The molecule has 0 spiro atoms. The monoisotopic (exact) mass is 330 g/mol. The largest absolute Gasteiger partial charge is 0.382 e. The highest BCUT2D eigenvalue weighted by molar-refractivity contribution is 7.80. The minimum Gasteiger partial charge on any atom is -0.382 e. The summed E-state index contributed by atoms with van der Waals surface area (Å²) < 4.78 is 5.95. The van der Waals surface area contributed by atoms with Crippen LogP contribution < -0.4 is 5.32 Å². The lowest BCUT2D eigenvalue weighted by Crippen LogP contribution is -2.32. The van der Waals surface area contributed by atoms with Crippen LogP contribution in [0.15, 0.2) is 17.8 Å². The molecule has 0 bridgehead atoms. The lowest BCUT2D eigenvalue weighted by atomic mass is 10.3. The number of carbonyl (C=O) groups excluding carboxylic acids is 1. The predicted molar refractivity (Wildman–Crippen MR) is 85.9 cm³/mol. The average Bonchev–Trinajstić information content (AvgIpc) is 2.93. The molecule has 0 unspecified atom stereocenters. The zero-order valence-electron chi connectivity index (χ0n) is 11.0. The van der Waals surface area contributed by atoms with E-state index < -0.39 is 0 Å². The van der Waals surface area contributed by atoms with E-state index >= 15 is 0 Å². The van der Waals surface area contributed by atoms with Gasteiger partial charge in [-0.3, -0.25) is 9.69 Å². The maximum absolute atomic E-state index is 12.2. The number of hydrogen-bond acceptors (Lipinski definition) is 4. The summed E-state index contributed by atoms with van der Waals surface area (Å²) >= 11 is 12.5. The minimum atomic E-state index is -0.101. The number of ether oxygens (including phenoxy) is 1. The number of hydrogen-bond donors (Lipinski definition) is 1. The molecule has 0 aromatic carbocycles. The average molecular weight is 331 g/mol. The highest BCUT2D eigenvalue weighted by atomic mass is 35.5. The lowest BCUT2D eigenvalue weighted by molar-refractivity contribution is -0.122. The maximum atomic E-state index is 12.2. The summed E-state index contributed by atoms with van der Waals surface area (Å²) in [5.41, 5.74) is 0.491. The first kappa shape index (κ1) is 15.4. The van der Waals surface area contributed by atoms with Gasteiger partial charge in [-0.1, -0.05) is 11.6 Å². The molecule has 1 N–H and O–H groups in total. The Hall–Kier alpha value is -0.950. The Kier molecular flexibility index (Phi) is 5.54. The number of amides is 1. The first-order valence-electron chi connectivity index (χ1n) is 6.29. The van der Waals surface area contributed by atoms with Crippen molar-refractivity contribution in [1.29, 1.82) is 0 Å². The van der Waals surface area contributed by atoms with E-state index in [1.807, 2.05) is 13.0 Å². The maximum Gasteiger partial charge on any atom is 0.276 e. The summed E-state index contributed by atoms with van der Waals surface area (Å²) in [5.74, 6) is -0.101. The van der Waals surface area contributed by atoms with Gasteiger partial charge in [0.1, 0.15) is 5.70 Å². The van der Waals surface area contributed by atoms with E-state index in [1.165, 1.54) is 11.3 Å². The molecule has 1 aliphatic rings. The number of thiocarbonyl (C=S) groups is 1. The Bertz CT molecular complexity index is 542. The van der Waals surface area contributed by atoms with Gasteiger partial charge in [-0.15, -0.1) is 11.3 Å². The van der Waals surface area contributed by atoms with Gasteiger partial charge in [0.2, 0.25) is 0 Å². The van der Waals surface area contributed by atoms with Gasteiger partial charge < -0.3 is 10.1 Å². The third-order valence-electron chi connectivity index (χ3n) is 2.72. The molecule has 1 aliphatic heterocycles. The van der Waals surface area contributed by atoms with Gasteiger partial charge >= 0.3 is 0 Å². The molecule has 2 heterocycles. The fourth-order valence-corrected chi connectivity index (χ4v) is 3.08. The quantitative estimate of drug-likeness (QED) is 0.495. The highest BCUT2D eigenvalue weighted by Gasteiger charge is 2.30. The Morgan fingerprint density at radius 2 is 2.35 bits per heavy atom. The van der Waals surface area contributed by atoms with Crippen molar-refractivity contribution in [2.24, 2.45) is 0 Å². The van der Waals surface area contributed by atoms with Gasteiger partial charge in [-0.2, -0.15) is 0 Å². The molecule has 20 heavy (non-hydrogen) atoms. The fraction of sp³-hybridized carbons (Fsp3) is 0.385. The Labute approximate surface area is 132 Å². The fourth-order valence-electron chi connectivity index (χ4n) is 1.79. The van der Waals surface area contributed by atoms with E-state index in [-0.39, 0.29) is 5.91 Å². The molecular weight excluding hydrogens is 316 g/mol. The van der Waals surface area contributed by atoms with E-state index in [4.69, 9.17) is 28.6 Å². The molecule has 2 rings (SSSR count). The van der Waals surface area contributed by atoms with Gasteiger partial charge in [0, 0.05) is 24.6 Å². The van der Waals surface area contributed by atoms with Gasteiger partial charge in [-0.25, -0.2) is 0 Å². The van der Waals surface area contributed by atoms with Crippen LogP contribution in [0.4, 0.5) is 0 Å². The highest BCUT2D eigenvalue weighted by Crippen LogP contribution is 2.24. The summed E-state index contributed by atoms with van der Waals surface area (Å²) in [6, 6.07) is 3.67. The van der Waals surface area contributed by atoms with Crippen molar-refractivity contribution in [3.8, 4) is 0 Å². The normalized spacial score (nSPS) is 17.1. The second kappa shape index (κ2) is 7.17. The van der Waals surface area contributed by atoms with Crippen LogP contribution >= 0.6 is 35.2 Å². The number of halogens is 1. The summed E-state index contributed by atoms with van der Waals surface area (Å²) in [4.78, 5) is 14.7. The number of nitrogens with one attached hydrogen (secondary N) is 1. The van der Waals surface area contributed by atoms with Crippen LogP contribution in [0.3, 0.4) is 0 Å². The van der Waals surface area contributed by atoms with E-state index in [9.17, 15) is 4.79 Å². The van der Waals surface area contributed by atoms with Crippen molar-refractivity contribution in [2.75, 3.05) is 19.8 Å². The van der Waals surface area contributed by atoms with Crippen LogP contribution in [0, 0.1) is 0 Å². The molecule has 7 heteroatoms. The molecule has 1 fully saturated rings. The molecule has 0 atom stereocenters. The molecule has 108 valence electrons. The van der Waals surface area contributed by atoms with E-state index in [2.05, 4.69) is 5.32 Å². The molecule has 4 nitrogen and oxygen atoms in total. The van der Waals surface area contributed by atoms with Crippen molar-refractivity contribution >= 4 is 52.3 Å². The van der Waals surface area contributed by atoms with Crippen LogP contribution in [0.5, 0.6) is 0 Å². The van der Waals surface area contributed by atoms with Crippen molar-refractivity contribution < 1.29 is 9.53 Å². The summed E-state index contributed by atoms with van der Waals surface area (Å²) in [5, 5.41) is 3.39. The number of nitrogens with zero attached hydrogens (tertiary/aromatic N) is 1. The van der Waals surface area contributed by atoms with Crippen LogP contribution in [0.2, 0.25) is 4.34 Å². The van der Waals surface area contributed by atoms with Crippen molar-refractivity contribution in [1.82, 2.24) is 10.2 Å². The smallest absolute Gasteiger partial charge is 0.276 e. The number of carbonyl (C=O) groups is 1. The van der Waals surface area contributed by atoms with Crippen molar-refractivity contribution in [3.63, 3.8) is 0 Å². The van der Waals surface area contributed by atoms with Gasteiger partial charge in [0.05, 0.1) is 4.34 Å². The van der Waals surface area contributed by atoms with E-state index in [0.29, 0.717) is 34.9 Å². The third kappa shape index (κ3) is 3.79. The van der Waals surface area contributed by atoms with E-state index in [1.54, 1.807) is 17.0 Å². The summed E-state index contributed by atoms with van der Waals surface area (Å²) in [6.45, 7) is 3.82. The van der Waals surface area contributed by atoms with Crippen molar-refractivity contribution in [3.05, 3.63) is 27.0 Å². The molecule has 1 aromatic heterocycles. The Morgan fingerprint density at radius 1 is 1.55 bits per heavy atom. The first-order chi connectivity index (χ1) is 9.61. The topological polar surface area (TPSA) is 41.6 Å². The predicted octanol–water partition coefficient (Wildman–Crippen LogP) is 2.89. The first-order valence-corrected chi connectivity index (χ1v) is 7.89. The van der Waals surface area contributed by atoms with Gasteiger partial charge in [0.25, 0.3) is 5.91 Å². The Balaban J connectivity index is 1.99. The van der Waals surface area contributed by atoms with Crippen LogP contribution in [-0.2, 0) is 9.53 Å². The van der Waals surface area contributed by atoms with Crippen LogP contribution in [0.25, 0.3) is 6.08 Å². The second-order valence-electron chi connectivity index (χ2n) is 4.14. The second-order valence-corrected chi connectivity index (χ2v) is 6.27. The Morgan fingerprint density at radius 3 is 3.00 bits per heavy atom. The molecule has 0 radical (unpaired) electrons. The van der Waals surface area contributed by atoms with E-state index in [0.717, 1.165) is 11.3 Å². The number of thiophene rings is 1. The van der Waals surface area contributed by atoms with Gasteiger partial charge in [-0.05, 0) is 43.8 Å². The van der Waals surface area contributed by atoms with Crippen LogP contribution in [-0.4, -0.2) is 35.7 Å². The zero-order chi connectivity index (χ0) is 14.5. The zero-order valence-corrected chi connectivity index (χ0v) is 13.4. The summed E-state index contributed by atoms with van der Waals surface area (Å²) in [7, 11) is 0. The van der Waals surface area contributed by atoms with Crippen molar-refractivity contribution in [2.45, 2.75) is 13.3 Å². The summed E-state index contributed by atoms with van der Waals surface area (Å²) in [6.07, 6.45) is 2.53. The molecule has 0 aliphatic carbocycles. The lowest BCUT2D eigenvalue weighted by Gasteiger charge is -2.13. The molecule has 1 amide bonds. The van der Waals surface area contributed by atoms with Crippen LogP contribution in [0.1, 0.15) is 18.2 Å². The minimum absolute atomic E-state index is 0.101.